The van der Waals surface area contributed by atoms with Crippen LogP contribution in [0.25, 0.3) is 0 Å². The molecule has 0 aromatic rings. The summed E-state index contributed by atoms with van der Waals surface area (Å²) in [6, 6.07) is -0.350. The van der Waals surface area contributed by atoms with Gasteiger partial charge in [-0.05, 0) is 39.0 Å². The van der Waals surface area contributed by atoms with E-state index in [0.29, 0.717) is 6.54 Å². The highest BCUT2D eigenvalue weighted by atomic mass is 16.5. The number of hydrogen-bond acceptors (Lipinski definition) is 3. The second kappa shape index (κ2) is 6.34. The molecule has 2 rings (SSSR count). The number of piperazine rings is 1. The van der Waals surface area contributed by atoms with Crippen molar-refractivity contribution in [2.75, 3.05) is 13.2 Å². The number of nitrogens with one attached hydrogen (secondary N) is 1. The number of hydrogen-bond donors (Lipinski definition) is 1. The Morgan fingerprint density at radius 3 is 2.71 bits per heavy atom. The van der Waals surface area contributed by atoms with E-state index in [-0.39, 0.29) is 29.9 Å². The van der Waals surface area contributed by atoms with Crippen LogP contribution in [-0.4, -0.2) is 47.6 Å². The molecule has 5 nitrogen and oxygen atoms in total. The molecule has 0 bridgehead atoms. The van der Waals surface area contributed by atoms with E-state index >= 15 is 0 Å². The molecule has 21 heavy (non-hydrogen) atoms. The minimum Gasteiger partial charge on any atom is -0.378 e. The molecule has 3 atom stereocenters. The van der Waals surface area contributed by atoms with Gasteiger partial charge in [0.2, 0.25) is 11.8 Å². The quantitative estimate of drug-likeness (QED) is 0.840. The first-order valence-electron chi connectivity index (χ1n) is 8.11. The van der Waals surface area contributed by atoms with Gasteiger partial charge in [0, 0.05) is 13.2 Å². The summed E-state index contributed by atoms with van der Waals surface area (Å²) < 4.78 is 5.64. The van der Waals surface area contributed by atoms with Crippen molar-refractivity contribution in [3.05, 3.63) is 0 Å². The molecular weight excluding hydrogens is 268 g/mol. The lowest BCUT2D eigenvalue weighted by Gasteiger charge is -2.45. The molecule has 2 amide bonds. The van der Waals surface area contributed by atoms with E-state index in [1.807, 2.05) is 6.92 Å². The minimum atomic E-state index is -0.808. The van der Waals surface area contributed by atoms with Crippen LogP contribution in [0.5, 0.6) is 0 Å². The molecule has 1 N–H and O–H groups in total. The Morgan fingerprint density at radius 1 is 1.43 bits per heavy atom. The third-order valence-corrected chi connectivity index (χ3v) is 4.73. The lowest BCUT2D eigenvalue weighted by atomic mass is 9.89. The van der Waals surface area contributed by atoms with E-state index in [1.54, 1.807) is 18.7 Å². The lowest BCUT2D eigenvalue weighted by molar-refractivity contribution is -0.156. The van der Waals surface area contributed by atoms with Crippen molar-refractivity contribution >= 4 is 11.8 Å². The molecule has 2 aliphatic heterocycles. The maximum Gasteiger partial charge on any atom is 0.248 e. The standard InChI is InChI=1S/C16H28N2O3/c1-5-11(2)13-14(19)17-16(3,4)15(20)18(13)9-8-12-7-6-10-21-12/h11-13H,5-10H2,1-4H3,(H,17,19). The van der Waals surface area contributed by atoms with Gasteiger partial charge in [0.1, 0.15) is 11.6 Å². The predicted molar refractivity (Wildman–Crippen MR) is 80.8 cm³/mol. The highest BCUT2D eigenvalue weighted by Gasteiger charge is 2.46. The van der Waals surface area contributed by atoms with Crippen LogP contribution >= 0.6 is 0 Å². The molecule has 0 radical (unpaired) electrons. The average Bonchev–Trinajstić information content (AvgIpc) is 2.93. The van der Waals surface area contributed by atoms with Crippen molar-refractivity contribution in [1.82, 2.24) is 10.2 Å². The Hall–Kier alpha value is -1.10. The molecule has 0 aliphatic carbocycles. The van der Waals surface area contributed by atoms with Crippen LogP contribution in [0.3, 0.4) is 0 Å². The maximum atomic E-state index is 12.7. The van der Waals surface area contributed by atoms with E-state index in [4.69, 9.17) is 4.74 Å². The van der Waals surface area contributed by atoms with E-state index in [0.717, 1.165) is 32.3 Å². The molecule has 2 fully saturated rings. The number of ether oxygens (including phenoxy) is 1. The van der Waals surface area contributed by atoms with Crippen molar-refractivity contribution in [2.24, 2.45) is 5.92 Å². The maximum absolute atomic E-state index is 12.7. The molecule has 0 spiro atoms. The first-order chi connectivity index (χ1) is 9.86. The highest BCUT2D eigenvalue weighted by Crippen LogP contribution is 2.26. The van der Waals surface area contributed by atoms with E-state index in [1.165, 1.54) is 0 Å². The minimum absolute atomic E-state index is 0.0189. The molecular formula is C16H28N2O3. The van der Waals surface area contributed by atoms with Crippen molar-refractivity contribution in [3.63, 3.8) is 0 Å². The van der Waals surface area contributed by atoms with Crippen LogP contribution in [0, 0.1) is 5.92 Å². The second-order valence-corrected chi connectivity index (χ2v) is 6.87. The van der Waals surface area contributed by atoms with Gasteiger partial charge in [-0.3, -0.25) is 9.59 Å². The number of carbonyl (C=O) groups is 2. The Bertz CT molecular complexity index is 402. The third-order valence-electron chi connectivity index (χ3n) is 4.73. The molecule has 2 heterocycles. The Balaban J connectivity index is 2.12. The summed E-state index contributed by atoms with van der Waals surface area (Å²) in [5, 5.41) is 2.87. The monoisotopic (exact) mass is 296 g/mol. The van der Waals surface area contributed by atoms with Gasteiger partial charge in [-0.25, -0.2) is 0 Å². The van der Waals surface area contributed by atoms with Crippen molar-refractivity contribution < 1.29 is 14.3 Å². The Morgan fingerprint density at radius 2 is 2.14 bits per heavy atom. The highest BCUT2D eigenvalue weighted by molar-refractivity contribution is 5.99. The van der Waals surface area contributed by atoms with Crippen LogP contribution in [0.4, 0.5) is 0 Å². The molecule has 0 aromatic carbocycles. The van der Waals surface area contributed by atoms with Crippen molar-refractivity contribution in [2.45, 2.75) is 71.1 Å². The summed E-state index contributed by atoms with van der Waals surface area (Å²) in [5.74, 6) is 0.154. The van der Waals surface area contributed by atoms with Gasteiger partial charge in [-0.15, -0.1) is 0 Å². The molecule has 2 saturated heterocycles. The molecule has 120 valence electrons. The SMILES string of the molecule is CCC(C)C1C(=O)NC(C)(C)C(=O)N1CCC1CCCO1. The first-order valence-corrected chi connectivity index (χ1v) is 8.11. The zero-order chi connectivity index (χ0) is 15.6. The van der Waals surface area contributed by atoms with Crippen LogP contribution in [0.2, 0.25) is 0 Å². The summed E-state index contributed by atoms with van der Waals surface area (Å²) >= 11 is 0. The molecule has 2 aliphatic rings. The van der Waals surface area contributed by atoms with Gasteiger partial charge < -0.3 is 15.0 Å². The topological polar surface area (TPSA) is 58.6 Å². The summed E-state index contributed by atoms with van der Waals surface area (Å²) in [6.07, 6.45) is 4.10. The number of amides is 2. The summed E-state index contributed by atoms with van der Waals surface area (Å²) in [5.41, 5.74) is -0.808. The average molecular weight is 296 g/mol. The number of rotatable bonds is 5. The summed E-state index contributed by atoms with van der Waals surface area (Å²) in [7, 11) is 0. The van der Waals surface area contributed by atoms with Crippen LogP contribution < -0.4 is 5.32 Å². The van der Waals surface area contributed by atoms with Crippen LogP contribution in [0.15, 0.2) is 0 Å². The Labute approximate surface area is 127 Å². The Kier molecular flexibility index (Phi) is 4.91. The number of nitrogens with zero attached hydrogens (tertiary/aromatic N) is 1. The summed E-state index contributed by atoms with van der Waals surface area (Å²) in [6.45, 7) is 9.07. The smallest absolute Gasteiger partial charge is 0.248 e. The van der Waals surface area contributed by atoms with Crippen molar-refractivity contribution in [3.8, 4) is 0 Å². The normalized spacial score (nSPS) is 30.4. The second-order valence-electron chi connectivity index (χ2n) is 6.87. The molecule has 0 aromatic heterocycles. The van der Waals surface area contributed by atoms with E-state index < -0.39 is 5.54 Å². The zero-order valence-corrected chi connectivity index (χ0v) is 13.6. The van der Waals surface area contributed by atoms with Crippen LogP contribution in [0.1, 0.15) is 53.4 Å². The third kappa shape index (κ3) is 3.39. The molecule has 3 unspecified atom stereocenters. The van der Waals surface area contributed by atoms with Gasteiger partial charge in [-0.2, -0.15) is 0 Å². The van der Waals surface area contributed by atoms with Gasteiger partial charge >= 0.3 is 0 Å². The first kappa shape index (κ1) is 16.3. The van der Waals surface area contributed by atoms with Gasteiger partial charge in [0.25, 0.3) is 0 Å². The fourth-order valence-electron chi connectivity index (χ4n) is 3.25. The molecule has 5 heteroatoms. The fourth-order valence-corrected chi connectivity index (χ4v) is 3.25. The summed E-state index contributed by atoms with van der Waals surface area (Å²) in [4.78, 5) is 26.9. The van der Waals surface area contributed by atoms with Gasteiger partial charge in [0.05, 0.1) is 6.10 Å². The van der Waals surface area contributed by atoms with E-state index in [2.05, 4.69) is 12.2 Å². The van der Waals surface area contributed by atoms with Gasteiger partial charge in [0.15, 0.2) is 0 Å². The van der Waals surface area contributed by atoms with Gasteiger partial charge in [-0.1, -0.05) is 20.3 Å². The van der Waals surface area contributed by atoms with E-state index in [9.17, 15) is 9.59 Å². The number of carbonyl (C=O) groups excluding carboxylic acids is 2. The predicted octanol–water partition coefficient (Wildman–Crippen LogP) is 1.71. The lowest BCUT2D eigenvalue weighted by Crippen LogP contribution is -2.69. The zero-order valence-electron chi connectivity index (χ0n) is 13.6. The van der Waals surface area contributed by atoms with Crippen LogP contribution in [-0.2, 0) is 14.3 Å². The molecule has 0 saturated carbocycles. The van der Waals surface area contributed by atoms with Crippen molar-refractivity contribution in [1.29, 1.82) is 0 Å². The largest absolute Gasteiger partial charge is 0.378 e. The fraction of sp³-hybridized carbons (Fsp3) is 0.875.